The molecule has 0 aromatic heterocycles. The quantitative estimate of drug-likeness (QED) is 0.496. The van der Waals surface area contributed by atoms with E-state index in [0.717, 1.165) is 4.90 Å². The van der Waals surface area contributed by atoms with Crippen LogP contribution in [-0.2, 0) is 10.0 Å². The van der Waals surface area contributed by atoms with Crippen molar-refractivity contribution < 1.29 is 13.5 Å². The minimum Gasteiger partial charge on any atom is -0.399 e. The minimum absolute atomic E-state index is 0.0452. The van der Waals surface area contributed by atoms with Crippen LogP contribution in [0.2, 0.25) is 0 Å². The number of hydrogen-bond acceptors (Lipinski definition) is 5. The molecule has 0 aliphatic carbocycles. The lowest BCUT2D eigenvalue weighted by atomic mass is 9.96. The van der Waals surface area contributed by atoms with Crippen LogP contribution >= 0.6 is 11.8 Å². The van der Waals surface area contributed by atoms with Crippen molar-refractivity contribution in [3.63, 3.8) is 0 Å². The number of nitrogen functional groups attached to an aromatic ring is 1. The second-order valence-electron chi connectivity index (χ2n) is 5.38. The molecule has 0 amide bonds. The fourth-order valence-corrected chi connectivity index (χ4v) is 3.80. The molecule has 20 heavy (non-hydrogen) atoms. The molecule has 7 heteroatoms. The molecule has 0 spiro atoms. The van der Waals surface area contributed by atoms with Gasteiger partial charge < -0.3 is 10.8 Å². The van der Waals surface area contributed by atoms with Crippen molar-refractivity contribution in [3.05, 3.63) is 24.3 Å². The molecule has 0 aliphatic heterocycles. The maximum Gasteiger partial charge on any atom is 0.212 e. The van der Waals surface area contributed by atoms with Crippen LogP contribution in [0.4, 0.5) is 5.69 Å². The average Bonchev–Trinajstić information content (AvgIpc) is 2.39. The normalized spacial score (nSPS) is 12.6. The second-order valence-corrected chi connectivity index (χ2v) is 8.47. The van der Waals surface area contributed by atoms with Gasteiger partial charge in [0.25, 0.3) is 0 Å². The predicted molar refractivity (Wildman–Crippen MR) is 84.2 cm³/mol. The van der Waals surface area contributed by atoms with Crippen molar-refractivity contribution in [1.29, 1.82) is 0 Å². The van der Waals surface area contributed by atoms with Gasteiger partial charge in [0.05, 0.1) is 5.75 Å². The Morgan fingerprint density at radius 2 is 1.90 bits per heavy atom. The Morgan fingerprint density at radius 1 is 1.30 bits per heavy atom. The summed E-state index contributed by atoms with van der Waals surface area (Å²) in [7, 11) is -3.31. The van der Waals surface area contributed by atoms with Crippen LogP contribution in [0.1, 0.15) is 13.8 Å². The van der Waals surface area contributed by atoms with E-state index in [4.69, 9.17) is 10.8 Å². The molecular weight excluding hydrogens is 296 g/mol. The number of thioether (sulfide) groups is 1. The van der Waals surface area contributed by atoms with Gasteiger partial charge in [0, 0.05) is 34.9 Å². The molecule has 0 fully saturated rings. The topological polar surface area (TPSA) is 92.4 Å². The van der Waals surface area contributed by atoms with Gasteiger partial charge >= 0.3 is 0 Å². The van der Waals surface area contributed by atoms with Crippen LogP contribution < -0.4 is 10.5 Å². The van der Waals surface area contributed by atoms with Gasteiger partial charge in [-0.25, -0.2) is 13.1 Å². The molecule has 0 bridgehead atoms. The lowest BCUT2D eigenvalue weighted by Crippen LogP contribution is -2.37. The highest BCUT2D eigenvalue weighted by Crippen LogP contribution is 2.19. The summed E-state index contributed by atoms with van der Waals surface area (Å²) in [6.45, 7) is 3.78. The SMILES string of the molecule is CC(C)(CO)CNS(=O)(=O)CCSc1ccc(N)cc1. The first-order chi connectivity index (χ1) is 9.24. The zero-order valence-corrected chi connectivity index (χ0v) is 13.4. The van der Waals surface area contributed by atoms with E-state index in [1.807, 2.05) is 12.1 Å². The molecule has 1 aromatic rings. The Balaban J connectivity index is 2.38. The van der Waals surface area contributed by atoms with Gasteiger partial charge in [-0.15, -0.1) is 11.8 Å². The van der Waals surface area contributed by atoms with Crippen LogP contribution in [0, 0.1) is 5.41 Å². The summed E-state index contributed by atoms with van der Waals surface area (Å²) >= 11 is 1.47. The molecule has 1 rings (SSSR count). The second kappa shape index (κ2) is 7.31. The molecular formula is C13H22N2O3S2. The van der Waals surface area contributed by atoms with Gasteiger partial charge in [-0.3, -0.25) is 0 Å². The summed E-state index contributed by atoms with van der Waals surface area (Å²) in [6, 6.07) is 7.32. The van der Waals surface area contributed by atoms with Gasteiger partial charge in [-0.1, -0.05) is 13.8 Å². The van der Waals surface area contributed by atoms with Crippen LogP contribution in [0.3, 0.4) is 0 Å². The highest BCUT2D eigenvalue weighted by molar-refractivity contribution is 8.00. The van der Waals surface area contributed by atoms with E-state index >= 15 is 0 Å². The van der Waals surface area contributed by atoms with Gasteiger partial charge in [0.15, 0.2) is 0 Å². The fraction of sp³-hybridized carbons (Fsp3) is 0.538. The molecule has 114 valence electrons. The minimum atomic E-state index is -3.31. The number of sulfonamides is 1. The van der Waals surface area contributed by atoms with E-state index in [1.165, 1.54) is 11.8 Å². The van der Waals surface area contributed by atoms with Crippen molar-refractivity contribution in [2.75, 3.05) is 30.4 Å². The third-order valence-corrected chi connectivity index (χ3v) is 5.30. The molecule has 0 atom stereocenters. The van der Waals surface area contributed by atoms with Crippen molar-refractivity contribution in [2.24, 2.45) is 5.41 Å². The van der Waals surface area contributed by atoms with Gasteiger partial charge in [-0.2, -0.15) is 0 Å². The Labute approximate surface area is 125 Å². The maximum absolute atomic E-state index is 11.8. The Morgan fingerprint density at radius 3 is 2.45 bits per heavy atom. The maximum atomic E-state index is 11.8. The highest BCUT2D eigenvalue weighted by atomic mass is 32.2. The van der Waals surface area contributed by atoms with Crippen molar-refractivity contribution in [3.8, 4) is 0 Å². The summed E-state index contributed by atoms with van der Waals surface area (Å²) in [5, 5.41) is 9.09. The number of aliphatic hydroxyl groups excluding tert-OH is 1. The van der Waals surface area contributed by atoms with Crippen LogP contribution in [0.5, 0.6) is 0 Å². The molecule has 0 saturated heterocycles. The van der Waals surface area contributed by atoms with E-state index in [1.54, 1.807) is 26.0 Å². The third-order valence-electron chi connectivity index (χ3n) is 2.70. The first-order valence-electron chi connectivity index (χ1n) is 6.31. The Hall–Kier alpha value is -0.760. The number of aliphatic hydroxyl groups is 1. The fourth-order valence-electron chi connectivity index (χ4n) is 1.27. The standard InChI is InChI=1S/C13H22N2O3S2/c1-13(2,10-16)9-15-20(17,18)8-7-19-12-5-3-11(14)4-6-12/h3-6,15-16H,7-10,14H2,1-2H3. The number of nitrogens with one attached hydrogen (secondary N) is 1. The predicted octanol–water partition coefficient (Wildman–Crippen LogP) is 1.30. The monoisotopic (exact) mass is 318 g/mol. The van der Waals surface area contributed by atoms with Crippen LogP contribution in [-0.4, -0.2) is 38.2 Å². The zero-order chi connectivity index (χ0) is 15.2. The summed E-state index contributed by atoms with van der Waals surface area (Å²) < 4.78 is 26.1. The summed E-state index contributed by atoms with van der Waals surface area (Å²) in [5.41, 5.74) is 5.82. The first kappa shape index (κ1) is 17.3. The number of rotatable bonds is 8. The van der Waals surface area contributed by atoms with Gasteiger partial charge in [0.1, 0.15) is 0 Å². The summed E-state index contributed by atoms with van der Waals surface area (Å²) in [6.07, 6.45) is 0. The highest BCUT2D eigenvalue weighted by Gasteiger charge is 2.20. The summed E-state index contributed by atoms with van der Waals surface area (Å²) in [4.78, 5) is 0.991. The number of anilines is 1. The van der Waals surface area contributed by atoms with Gasteiger partial charge in [0.2, 0.25) is 10.0 Å². The number of hydrogen-bond donors (Lipinski definition) is 3. The van der Waals surface area contributed by atoms with Crippen LogP contribution in [0.15, 0.2) is 29.2 Å². The molecule has 0 saturated carbocycles. The van der Waals surface area contributed by atoms with E-state index in [2.05, 4.69) is 4.72 Å². The van der Waals surface area contributed by atoms with E-state index in [0.29, 0.717) is 11.4 Å². The lowest BCUT2D eigenvalue weighted by Gasteiger charge is -2.21. The molecule has 1 aromatic carbocycles. The van der Waals surface area contributed by atoms with Crippen molar-refractivity contribution in [2.45, 2.75) is 18.7 Å². The van der Waals surface area contributed by atoms with Gasteiger partial charge in [-0.05, 0) is 24.3 Å². The van der Waals surface area contributed by atoms with E-state index in [9.17, 15) is 8.42 Å². The molecule has 0 radical (unpaired) electrons. The largest absolute Gasteiger partial charge is 0.399 e. The Kier molecular flexibility index (Phi) is 6.32. The Bertz CT molecular complexity index is 513. The molecule has 4 N–H and O–H groups in total. The molecule has 0 unspecified atom stereocenters. The van der Waals surface area contributed by atoms with Crippen molar-refractivity contribution in [1.82, 2.24) is 4.72 Å². The lowest BCUT2D eigenvalue weighted by molar-refractivity contribution is 0.163. The first-order valence-corrected chi connectivity index (χ1v) is 8.94. The van der Waals surface area contributed by atoms with E-state index in [-0.39, 0.29) is 18.9 Å². The zero-order valence-electron chi connectivity index (χ0n) is 11.8. The van der Waals surface area contributed by atoms with E-state index < -0.39 is 15.4 Å². The average molecular weight is 318 g/mol. The molecule has 0 heterocycles. The molecule has 0 aliphatic rings. The molecule has 5 nitrogen and oxygen atoms in total. The number of nitrogens with two attached hydrogens (primary N) is 1. The summed E-state index contributed by atoms with van der Waals surface area (Å²) in [5.74, 6) is 0.516. The van der Waals surface area contributed by atoms with Crippen molar-refractivity contribution >= 4 is 27.5 Å². The number of benzene rings is 1. The third kappa shape index (κ3) is 6.60. The van der Waals surface area contributed by atoms with Crippen LogP contribution in [0.25, 0.3) is 0 Å². The smallest absolute Gasteiger partial charge is 0.212 e.